The van der Waals surface area contributed by atoms with Crippen LogP contribution in [0.15, 0.2) is 36.4 Å². The molecule has 0 radical (unpaired) electrons. The van der Waals surface area contributed by atoms with Gasteiger partial charge in [-0.05, 0) is 55.3 Å². The average Bonchev–Trinajstić information content (AvgIpc) is 2.41. The number of rotatable bonds is 5. The lowest BCUT2D eigenvalue weighted by atomic mass is 10.1. The van der Waals surface area contributed by atoms with E-state index in [9.17, 15) is 9.18 Å². The summed E-state index contributed by atoms with van der Waals surface area (Å²) in [6.45, 7) is 4.24. The van der Waals surface area contributed by atoms with Crippen LogP contribution >= 0.6 is 11.6 Å². The maximum absolute atomic E-state index is 12.9. The lowest BCUT2D eigenvalue weighted by Crippen LogP contribution is -2.15. The van der Waals surface area contributed by atoms with Gasteiger partial charge in [-0.2, -0.15) is 0 Å². The minimum absolute atomic E-state index is 0.170. The number of benzene rings is 2. The number of carbonyl (C=O) groups is 1. The van der Waals surface area contributed by atoms with E-state index in [4.69, 9.17) is 16.3 Å². The highest BCUT2D eigenvalue weighted by Gasteiger charge is 2.07. The zero-order valence-electron chi connectivity index (χ0n) is 12.5. The van der Waals surface area contributed by atoms with Crippen LogP contribution in [0.1, 0.15) is 17.5 Å². The minimum atomic E-state index is -0.443. The number of hydrogen-bond donors (Lipinski definition) is 1. The van der Waals surface area contributed by atoms with Crippen LogP contribution in [0.5, 0.6) is 5.75 Å². The number of hydrogen-bond acceptors (Lipinski definition) is 2. The second kappa shape index (κ2) is 7.27. The summed E-state index contributed by atoms with van der Waals surface area (Å²) in [5, 5.41) is 2.80. The van der Waals surface area contributed by atoms with Gasteiger partial charge < -0.3 is 10.1 Å². The number of anilines is 1. The Morgan fingerprint density at radius 3 is 2.50 bits per heavy atom. The third-order valence-electron chi connectivity index (χ3n) is 3.00. The van der Waals surface area contributed by atoms with Gasteiger partial charge in [0.1, 0.15) is 11.6 Å². The molecule has 0 atom stereocenters. The van der Waals surface area contributed by atoms with E-state index in [1.807, 2.05) is 26.0 Å². The first kappa shape index (κ1) is 16.3. The molecule has 3 nitrogen and oxygen atoms in total. The van der Waals surface area contributed by atoms with Crippen molar-refractivity contribution in [3.8, 4) is 5.75 Å². The molecule has 1 amide bonds. The van der Waals surface area contributed by atoms with Gasteiger partial charge >= 0.3 is 0 Å². The molecule has 0 saturated carbocycles. The molecule has 2 rings (SSSR count). The number of ether oxygens (including phenoxy) is 1. The fourth-order valence-electron chi connectivity index (χ4n) is 2.08. The van der Waals surface area contributed by atoms with Gasteiger partial charge in [-0.3, -0.25) is 4.79 Å². The second-order valence-electron chi connectivity index (χ2n) is 5.09. The third-order valence-corrected chi connectivity index (χ3v) is 3.31. The molecule has 0 spiro atoms. The quantitative estimate of drug-likeness (QED) is 0.880. The molecule has 0 fully saturated rings. The Labute approximate surface area is 134 Å². The number of amides is 1. The molecule has 0 heterocycles. The van der Waals surface area contributed by atoms with Gasteiger partial charge in [-0.15, -0.1) is 0 Å². The van der Waals surface area contributed by atoms with Gasteiger partial charge in [0.15, 0.2) is 0 Å². The molecule has 0 unspecified atom stereocenters. The standard InChI is InChI=1S/C17H17ClFNO2/c1-11-7-12(2)9-14(8-11)22-6-5-17(21)20-16-4-3-13(19)10-15(16)18/h3-4,7-10H,5-6H2,1-2H3,(H,20,21). The van der Waals surface area contributed by atoms with Crippen LogP contribution in [0.2, 0.25) is 5.02 Å². The van der Waals surface area contributed by atoms with Crippen LogP contribution in [0, 0.1) is 19.7 Å². The van der Waals surface area contributed by atoms with E-state index < -0.39 is 5.82 Å². The third kappa shape index (κ3) is 4.74. The zero-order valence-corrected chi connectivity index (χ0v) is 13.2. The van der Waals surface area contributed by atoms with Gasteiger partial charge in [0.2, 0.25) is 5.91 Å². The summed E-state index contributed by atoms with van der Waals surface area (Å²) in [5.74, 6) is 0.0594. The molecule has 0 saturated heterocycles. The van der Waals surface area contributed by atoms with E-state index in [0.717, 1.165) is 22.9 Å². The van der Waals surface area contributed by atoms with E-state index in [-0.39, 0.29) is 24.0 Å². The number of aryl methyl sites for hydroxylation is 2. The Hall–Kier alpha value is -2.07. The van der Waals surface area contributed by atoms with E-state index in [1.54, 1.807) is 0 Å². The first-order chi connectivity index (χ1) is 10.4. The maximum atomic E-state index is 12.9. The Morgan fingerprint density at radius 2 is 1.86 bits per heavy atom. The summed E-state index contributed by atoms with van der Waals surface area (Å²) >= 11 is 5.85. The lowest BCUT2D eigenvalue weighted by Gasteiger charge is -2.09. The largest absolute Gasteiger partial charge is 0.493 e. The molecule has 116 valence electrons. The highest BCUT2D eigenvalue weighted by atomic mass is 35.5. The van der Waals surface area contributed by atoms with Crippen LogP contribution in [0.3, 0.4) is 0 Å². The molecule has 22 heavy (non-hydrogen) atoms. The smallest absolute Gasteiger partial charge is 0.227 e. The summed E-state index contributed by atoms with van der Waals surface area (Å²) in [5.41, 5.74) is 2.61. The van der Waals surface area contributed by atoms with Crippen molar-refractivity contribution in [2.75, 3.05) is 11.9 Å². The van der Waals surface area contributed by atoms with Crippen molar-refractivity contribution in [2.24, 2.45) is 0 Å². The van der Waals surface area contributed by atoms with Gasteiger partial charge in [0.25, 0.3) is 0 Å². The molecular weight excluding hydrogens is 305 g/mol. The molecule has 5 heteroatoms. The summed E-state index contributed by atoms with van der Waals surface area (Å²) in [4.78, 5) is 11.8. The van der Waals surface area contributed by atoms with Crippen molar-refractivity contribution < 1.29 is 13.9 Å². The zero-order chi connectivity index (χ0) is 16.1. The Morgan fingerprint density at radius 1 is 1.18 bits per heavy atom. The molecule has 0 aliphatic heterocycles. The van der Waals surface area contributed by atoms with E-state index in [0.29, 0.717) is 5.69 Å². The van der Waals surface area contributed by atoms with Crippen LogP contribution in [0.25, 0.3) is 0 Å². The van der Waals surface area contributed by atoms with Gasteiger partial charge in [0, 0.05) is 0 Å². The SMILES string of the molecule is Cc1cc(C)cc(OCCC(=O)Nc2ccc(F)cc2Cl)c1. The summed E-state index contributed by atoms with van der Waals surface area (Å²) < 4.78 is 18.5. The predicted octanol–water partition coefficient (Wildman–Crippen LogP) is 4.50. The molecule has 2 aromatic rings. The lowest BCUT2D eigenvalue weighted by molar-refractivity contribution is -0.116. The Bertz CT molecular complexity index is 668. The highest BCUT2D eigenvalue weighted by Crippen LogP contribution is 2.22. The van der Waals surface area contributed by atoms with Gasteiger partial charge in [-0.1, -0.05) is 17.7 Å². The fourth-order valence-corrected chi connectivity index (χ4v) is 2.30. The minimum Gasteiger partial charge on any atom is -0.493 e. The monoisotopic (exact) mass is 321 g/mol. The predicted molar refractivity (Wildman–Crippen MR) is 86.1 cm³/mol. The maximum Gasteiger partial charge on any atom is 0.227 e. The number of carbonyl (C=O) groups excluding carboxylic acids is 1. The Balaban J connectivity index is 1.85. The summed E-state index contributed by atoms with van der Waals surface area (Å²) in [6, 6.07) is 9.72. The van der Waals surface area contributed by atoms with E-state index in [1.165, 1.54) is 12.1 Å². The van der Waals surface area contributed by atoms with Gasteiger partial charge in [0.05, 0.1) is 23.7 Å². The van der Waals surface area contributed by atoms with Crippen LogP contribution in [-0.4, -0.2) is 12.5 Å². The highest BCUT2D eigenvalue weighted by molar-refractivity contribution is 6.33. The normalized spacial score (nSPS) is 10.4. The van der Waals surface area contributed by atoms with Crippen molar-refractivity contribution in [1.29, 1.82) is 0 Å². The molecule has 0 aliphatic rings. The number of halogens is 2. The molecule has 0 bridgehead atoms. The molecule has 2 aromatic carbocycles. The number of nitrogens with one attached hydrogen (secondary N) is 1. The van der Waals surface area contributed by atoms with Gasteiger partial charge in [-0.25, -0.2) is 4.39 Å². The van der Waals surface area contributed by atoms with Crippen molar-refractivity contribution >= 4 is 23.2 Å². The van der Waals surface area contributed by atoms with Crippen LogP contribution in [0.4, 0.5) is 10.1 Å². The molecule has 0 aliphatic carbocycles. The first-order valence-corrected chi connectivity index (χ1v) is 7.28. The van der Waals surface area contributed by atoms with Crippen molar-refractivity contribution in [3.05, 3.63) is 58.4 Å². The summed E-state index contributed by atoms with van der Waals surface area (Å²) in [7, 11) is 0. The molecule has 0 aromatic heterocycles. The second-order valence-corrected chi connectivity index (χ2v) is 5.50. The van der Waals surface area contributed by atoms with Crippen molar-refractivity contribution in [2.45, 2.75) is 20.3 Å². The van der Waals surface area contributed by atoms with Crippen molar-refractivity contribution in [1.82, 2.24) is 0 Å². The topological polar surface area (TPSA) is 38.3 Å². The van der Waals surface area contributed by atoms with Crippen LogP contribution in [-0.2, 0) is 4.79 Å². The van der Waals surface area contributed by atoms with Crippen molar-refractivity contribution in [3.63, 3.8) is 0 Å². The summed E-state index contributed by atoms with van der Waals surface area (Å²) in [6.07, 6.45) is 0.181. The van der Waals surface area contributed by atoms with E-state index in [2.05, 4.69) is 11.4 Å². The fraction of sp³-hybridized carbons (Fsp3) is 0.235. The van der Waals surface area contributed by atoms with Crippen LogP contribution < -0.4 is 10.1 Å². The van der Waals surface area contributed by atoms with E-state index >= 15 is 0 Å². The molecular formula is C17H17ClFNO2. The average molecular weight is 322 g/mol. The molecule has 1 N–H and O–H groups in total. The first-order valence-electron chi connectivity index (χ1n) is 6.90. The Kier molecular flexibility index (Phi) is 5.39.